The number of rotatable bonds is 4. The summed E-state index contributed by atoms with van der Waals surface area (Å²) < 4.78 is 0.800. The van der Waals surface area contributed by atoms with Gasteiger partial charge in [-0.05, 0) is 31.0 Å². The van der Waals surface area contributed by atoms with E-state index in [-0.39, 0.29) is 30.1 Å². The summed E-state index contributed by atoms with van der Waals surface area (Å²) in [6.07, 6.45) is 1.59. The molecule has 1 fully saturated rings. The molecule has 0 spiro atoms. The third-order valence-electron chi connectivity index (χ3n) is 3.68. The standard InChI is InChI=1S/C15H19BrClN3O2.ClH/c16-11-3-4-13(17)12(8-11)15(22)20-7-1-2-10(9-20)14(21)19-6-5-18;/h3-4,8,10H,1-2,5-7,9,18H2,(H,19,21);1H. The maximum absolute atomic E-state index is 12.6. The normalized spacial score (nSPS) is 17.3. The molecule has 128 valence electrons. The van der Waals surface area contributed by atoms with E-state index in [1.807, 2.05) is 0 Å². The summed E-state index contributed by atoms with van der Waals surface area (Å²) in [6, 6.07) is 5.19. The number of carbonyl (C=O) groups is 2. The fourth-order valence-electron chi connectivity index (χ4n) is 2.55. The van der Waals surface area contributed by atoms with Crippen molar-refractivity contribution in [1.82, 2.24) is 10.2 Å². The van der Waals surface area contributed by atoms with E-state index in [0.29, 0.717) is 36.8 Å². The van der Waals surface area contributed by atoms with E-state index in [2.05, 4.69) is 21.2 Å². The van der Waals surface area contributed by atoms with Gasteiger partial charge in [0.05, 0.1) is 16.5 Å². The molecule has 1 aliphatic rings. The summed E-state index contributed by atoms with van der Waals surface area (Å²) in [7, 11) is 0. The van der Waals surface area contributed by atoms with E-state index >= 15 is 0 Å². The first-order valence-corrected chi connectivity index (χ1v) is 8.42. The highest BCUT2D eigenvalue weighted by molar-refractivity contribution is 9.10. The summed E-state index contributed by atoms with van der Waals surface area (Å²) >= 11 is 9.46. The maximum atomic E-state index is 12.6. The minimum Gasteiger partial charge on any atom is -0.355 e. The molecule has 0 saturated carbocycles. The molecular weight excluding hydrogens is 405 g/mol. The largest absolute Gasteiger partial charge is 0.355 e. The molecule has 0 aliphatic carbocycles. The van der Waals surface area contributed by atoms with Crippen LogP contribution >= 0.6 is 39.9 Å². The molecule has 1 heterocycles. The van der Waals surface area contributed by atoms with Gasteiger partial charge in [0.15, 0.2) is 0 Å². The molecule has 0 bridgehead atoms. The van der Waals surface area contributed by atoms with Gasteiger partial charge in [0.25, 0.3) is 5.91 Å². The first kappa shape index (κ1) is 20.2. The Hall–Kier alpha value is -0.820. The zero-order valence-electron chi connectivity index (χ0n) is 12.6. The van der Waals surface area contributed by atoms with Crippen LogP contribution in [0.25, 0.3) is 0 Å². The van der Waals surface area contributed by atoms with Crippen LogP contribution in [0, 0.1) is 5.92 Å². The number of nitrogens with zero attached hydrogens (tertiary/aromatic N) is 1. The lowest BCUT2D eigenvalue weighted by molar-refractivity contribution is -0.126. The van der Waals surface area contributed by atoms with Crippen molar-refractivity contribution >= 4 is 51.8 Å². The molecule has 1 aromatic rings. The molecular formula is C15H20BrCl2N3O2. The van der Waals surface area contributed by atoms with E-state index in [1.54, 1.807) is 23.1 Å². The lowest BCUT2D eigenvalue weighted by Gasteiger charge is -2.32. The van der Waals surface area contributed by atoms with E-state index in [4.69, 9.17) is 17.3 Å². The molecule has 1 aliphatic heterocycles. The van der Waals surface area contributed by atoms with Crippen LogP contribution in [0.1, 0.15) is 23.2 Å². The summed E-state index contributed by atoms with van der Waals surface area (Å²) in [4.78, 5) is 26.4. The van der Waals surface area contributed by atoms with Crippen LogP contribution in [0.4, 0.5) is 0 Å². The molecule has 3 N–H and O–H groups in total. The quantitative estimate of drug-likeness (QED) is 0.779. The van der Waals surface area contributed by atoms with Crippen LogP contribution in [0.3, 0.4) is 0 Å². The highest BCUT2D eigenvalue weighted by Crippen LogP contribution is 2.25. The van der Waals surface area contributed by atoms with Gasteiger partial charge in [0.1, 0.15) is 0 Å². The third kappa shape index (κ3) is 5.35. The molecule has 8 heteroatoms. The van der Waals surface area contributed by atoms with Crippen LogP contribution in [0.15, 0.2) is 22.7 Å². The Morgan fingerprint density at radius 1 is 1.43 bits per heavy atom. The number of nitrogens with two attached hydrogens (primary N) is 1. The minimum absolute atomic E-state index is 0. The molecule has 0 radical (unpaired) electrons. The van der Waals surface area contributed by atoms with Crippen molar-refractivity contribution in [2.75, 3.05) is 26.2 Å². The number of halogens is 3. The number of hydrogen-bond donors (Lipinski definition) is 2. The SMILES string of the molecule is Cl.NCCNC(=O)C1CCCN(C(=O)c2cc(Br)ccc2Cl)C1. The van der Waals surface area contributed by atoms with Crippen LogP contribution < -0.4 is 11.1 Å². The van der Waals surface area contributed by atoms with E-state index < -0.39 is 0 Å². The zero-order chi connectivity index (χ0) is 16.1. The van der Waals surface area contributed by atoms with E-state index in [1.165, 1.54) is 0 Å². The van der Waals surface area contributed by atoms with Gasteiger partial charge in [-0.2, -0.15) is 0 Å². The van der Waals surface area contributed by atoms with Crippen molar-refractivity contribution in [1.29, 1.82) is 0 Å². The van der Waals surface area contributed by atoms with Gasteiger partial charge in [-0.15, -0.1) is 12.4 Å². The van der Waals surface area contributed by atoms with Crippen LogP contribution in [0.2, 0.25) is 5.02 Å². The van der Waals surface area contributed by atoms with Crippen molar-refractivity contribution in [3.05, 3.63) is 33.3 Å². The molecule has 1 unspecified atom stereocenters. The van der Waals surface area contributed by atoms with Crippen LogP contribution in [-0.4, -0.2) is 42.9 Å². The molecule has 23 heavy (non-hydrogen) atoms. The van der Waals surface area contributed by atoms with Crippen molar-refractivity contribution in [2.45, 2.75) is 12.8 Å². The summed E-state index contributed by atoms with van der Waals surface area (Å²) in [5.41, 5.74) is 5.85. The molecule has 5 nitrogen and oxygen atoms in total. The zero-order valence-corrected chi connectivity index (χ0v) is 15.7. The number of benzene rings is 1. The molecule has 1 atom stereocenters. The Bertz CT molecular complexity index is 572. The second-order valence-electron chi connectivity index (χ2n) is 5.29. The Morgan fingerprint density at radius 2 is 2.17 bits per heavy atom. The molecule has 2 rings (SSSR count). The van der Waals surface area contributed by atoms with Gasteiger partial charge in [-0.3, -0.25) is 9.59 Å². The number of hydrogen-bond acceptors (Lipinski definition) is 3. The van der Waals surface area contributed by atoms with Crippen LogP contribution in [0.5, 0.6) is 0 Å². The number of nitrogens with one attached hydrogen (secondary N) is 1. The fraction of sp³-hybridized carbons (Fsp3) is 0.467. The molecule has 1 saturated heterocycles. The Balaban J connectivity index is 0.00000264. The predicted molar refractivity (Wildman–Crippen MR) is 97.1 cm³/mol. The predicted octanol–water partition coefficient (Wildman–Crippen LogP) is 2.45. The number of piperidine rings is 1. The topological polar surface area (TPSA) is 75.4 Å². The van der Waals surface area contributed by atoms with Crippen molar-refractivity contribution < 1.29 is 9.59 Å². The van der Waals surface area contributed by atoms with Gasteiger partial charge in [-0.1, -0.05) is 27.5 Å². The molecule has 1 aromatic carbocycles. The van der Waals surface area contributed by atoms with Gasteiger partial charge in [0.2, 0.25) is 5.91 Å². The second kappa shape index (κ2) is 9.47. The van der Waals surface area contributed by atoms with Crippen molar-refractivity contribution in [2.24, 2.45) is 11.7 Å². The van der Waals surface area contributed by atoms with Gasteiger partial charge >= 0.3 is 0 Å². The second-order valence-corrected chi connectivity index (χ2v) is 6.62. The Labute approximate surface area is 155 Å². The monoisotopic (exact) mass is 423 g/mol. The van der Waals surface area contributed by atoms with E-state index in [9.17, 15) is 9.59 Å². The number of amides is 2. The number of carbonyl (C=O) groups excluding carboxylic acids is 2. The maximum Gasteiger partial charge on any atom is 0.255 e. The highest BCUT2D eigenvalue weighted by atomic mass is 79.9. The number of likely N-dealkylation sites (tertiary alicyclic amines) is 1. The van der Waals surface area contributed by atoms with Gasteiger partial charge in [-0.25, -0.2) is 0 Å². The smallest absolute Gasteiger partial charge is 0.255 e. The van der Waals surface area contributed by atoms with Gasteiger partial charge < -0.3 is 16.0 Å². The first-order chi connectivity index (χ1) is 10.5. The highest BCUT2D eigenvalue weighted by Gasteiger charge is 2.29. The summed E-state index contributed by atoms with van der Waals surface area (Å²) in [5, 5.41) is 3.21. The Kier molecular flexibility index (Phi) is 8.33. The molecule has 0 aromatic heterocycles. The van der Waals surface area contributed by atoms with E-state index in [0.717, 1.165) is 17.3 Å². The van der Waals surface area contributed by atoms with Gasteiger partial charge in [0, 0.05) is 30.7 Å². The third-order valence-corrected chi connectivity index (χ3v) is 4.50. The lowest BCUT2D eigenvalue weighted by Crippen LogP contribution is -2.46. The average molecular weight is 425 g/mol. The Morgan fingerprint density at radius 3 is 2.87 bits per heavy atom. The van der Waals surface area contributed by atoms with Crippen LogP contribution in [-0.2, 0) is 4.79 Å². The molecule has 2 amide bonds. The van der Waals surface area contributed by atoms with Crippen molar-refractivity contribution in [3.8, 4) is 0 Å². The van der Waals surface area contributed by atoms with Crippen molar-refractivity contribution in [3.63, 3.8) is 0 Å². The lowest BCUT2D eigenvalue weighted by atomic mass is 9.96. The summed E-state index contributed by atoms with van der Waals surface area (Å²) in [5.74, 6) is -0.360. The first-order valence-electron chi connectivity index (χ1n) is 7.25. The fourth-order valence-corrected chi connectivity index (χ4v) is 3.11. The minimum atomic E-state index is -0.185. The average Bonchev–Trinajstić information content (AvgIpc) is 2.54. The summed E-state index contributed by atoms with van der Waals surface area (Å²) in [6.45, 7) is 1.93.